The van der Waals surface area contributed by atoms with E-state index >= 15 is 0 Å². The maximum absolute atomic E-state index is 12.4. The molecule has 1 aromatic carbocycles. The number of ether oxygens (including phenoxy) is 1. The van der Waals surface area contributed by atoms with Crippen molar-refractivity contribution in [1.29, 1.82) is 0 Å². The first-order valence-electron chi connectivity index (χ1n) is 8.70. The van der Waals surface area contributed by atoms with Crippen molar-refractivity contribution in [2.75, 3.05) is 11.9 Å². The molecule has 150 valence electrons. The van der Waals surface area contributed by atoms with E-state index in [1.807, 2.05) is 0 Å². The number of aliphatic hydroxyl groups excluding tert-OH is 1. The van der Waals surface area contributed by atoms with Gasteiger partial charge in [0.15, 0.2) is 29.3 Å². The predicted molar refractivity (Wildman–Crippen MR) is 100 cm³/mol. The van der Waals surface area contributed by atoms with Crippen molar-refractivity contribution in [1.82, 2.24) is 19.5 Å². The number of carbonyl (C=O) groups is 1. The zero-order chi connectivity index (χ0) is 20.4. The molecule has 0 aliphatic carbocycles. The predicted octanol–water partition coefficient (Wildman–Crippen LogP) is 1.39. The second-order valence-electron chi connectivity index (χ2n) is 6.32. The first-order valence-corrected chi connectivity index (χ1v) is 9.83. The van der Waals surface area contributed by atoms with Gasteiger partial charge < -0.3 is 15.2 Å². The molecule has 3 heterocycles. The van der Waals surface area contributed by atoms with Crippen molar-refractivity contribution in [3.05, 3.63) is 48.5 Å². The molecule has 3 N–H and O–H groups in total. The summed E-state index contributed by atoms with van der Waals surface area (Å²) in [5, 5.41) is 12.1. The van der Waals surface area contributed by atoms with Crippen LogP contribution in [0.3, 0.4) is 0 Å². The Bertz CT molecular complexity index is 1050. The molecule has 0 bridgehead atoms. The van der Waals surface area contributed by atoms with Gasteiger partial charge >= 0.3 is 8.25 Å². The van der Waals surface area contributed by atoms with Crippen molar-refractivity contribution in [2.24, 2.45) is 0 Å². The largest absolute Gasteiger partial charge is 0.695 e. The van der Waals surface area contributed by atoms with Crippen molar-refractivity contribution in [3.63, 3.8) is 0 Å². The first kappa shape index (κ1) is 19.5. The number of nitrogens with one attached hydrogen (secondary N) is 1. The summed E-state index contributed by atoms with van der Waals surface area (Å²) in [6.07, 6.45) is 0.749. The minimum Gasteiger partial charge on any atom is -0.394 e. The van der Waals surface area contributed by atoms with Crippen LogP contribution in [0.25, 0.3) is 11.2 Å². The summed E-state index contributed by atoms with van der Waals surface area (Å²) in [6.45, 7) is -0.265. The molecular formula is C17H17N5O6P+. The fraction of sp³-hybridized carbons (Fsp3) is 0.294. The van der Waals surface area contributed by atoms with Gasteiger partial charge in [0.1, 0.15) is 6.33 Å². The molecule has 0 saturated carbocycles. The Balaban J connectivity index is 1.65. The van der Waals surface area contributed by atoms with Crippen LogP contribution in [0.2, 0.25) is 0 Å². The highest BCUT2D eigenvalue weighted by molar-refractivity contribution is 7.32. The lowest BCUT2D eigenvalue weighted by Gasteiger charge is -2.16. The molecule has 4 rings (SSSR count). The fourth-order valence-corrected chi connectivity index (χ4v) is 3.61. The smallest absolute Gasteiger partial charge is 0.394 e. The SMILES string of the molecule is O=C(Nc1ncnc2c1ncn2[C@@H]1O[C@@H](CO)C[C@H]1O[P+](=O)O)c1ccccc1. The van der Waals surface area contributed by atoms with E-state index in [1.54, 1.807) is 30.3 Å². The van der Waals surface area contributed by atoms with Crippen LogP contribution in [0.4, 0.5) is 5.82 Å². The lowest BCUT2D eigenvalue weighted by atomic mass is 10.2. The number of carbonyl (C=O) groups excluding carboxylic acids is 1. The number of fused-ring (bicyclic) bond motifs is 1. The number of benzene rings is 1. The number of aromatic nitrogens is 4. The Morgan fingerprint density at radius 3 is 2.83 bits per heavy atom. The van der Waals surface area contributed by atoms with E-state index in [9.17, 15) is 14.5 Å². The molecule has 3 aromatic rings. The van der Waals surface area contributed by atoms with Gasteiger partial charge in [0.2, 0.25) is 0 Å². The van der Waals surface area contributed by atoms with E-state index in [0.29, 0.717) is 16.7 Å². The average molecular weight is 418 g/mol. The van der Waals surface area contributed by atoms with Crippen molar-refractivity contribution >= 4 is 31.1 Å². The highest BCUT2D eigenvalue weighted by atomic mass is 31.1. The zero-order valence-corrected chi connectivity index (χ0v) is 15.8. The van der Waals surface area contributed by atoms with E-state index < -0.39 is 26.7 Å². The summed E-state index contributed by atoms with van der Waals surface area (Å²) in [5.41, 5.74) is 1.12. The van der Waals surface area contributed by atoms with Gasteiger partial charge in [0, 0.05) is 16.5 Å². The standard InChI is InChI=1S/C17H16N5O6P/c23-7-11-6-12(28-29(25)26)17(27-11)22-9-20-13-14(18-8-19-15(13)22)21-16(24)10-4-2-1-3-5-10/h1-5,8-9,11-12,17,23H,6-7H2,(H-,18,19,21,24,25,26)/p+1/t11-,12-,17-/m1/s1. The summed E-state index contributed by atoms with van der Waals surface area (Å²) < 4.78 is 23.4. The molecule has 11 nitrogen and oxygen atoms in total. The number of rotatable bonds is 6. The Labute approximate surface area is 165 Å². The van der Waals surface area contributed by atoms with Crippen LogP contribution in [0.15, 0.2) is 43.0 Å². The van der Waals surface area contributed by atoms with Gasteiger partial charge in [-0.2, -0.15) is 0 Å². The molecule has 0 spiro atoms. The molecular weight excluding hydrogens is 401 g/mol. The van der Waals surface area contributed by atoms with Gasteiger partial charge in [0.05, 0.1) is 19.0 Å². The molecule has 12 heteroatoms. The summed E-state index contributed by atoms with van der Waals surface area (Å²) in [7, 11) is -2.86. The van der Waals surface area contributed by atoms with Gasteiger partial charge in [-0.3, -0.25) is 9.36 Å². The summed E-state index contributed by atoms with van der Waals surface area (Å²) in [5.74, 6) is -0.138. The Hall–Kier alpha value is -2.82. The highest BCUT2D eigenvalue weighted by Gasteiger charge is 2.43. The van der Waals surface area contributed by atoms with E-state index in [2.05, 4.69) is 20.3 Å². The van der Waals surface area contributed by atoms with Gasteiger partial charge in [0.25, 0.3) is 5.91 Å². The minimum atomic E-state index is -2.86. The number of nitrogens with zero attached hydrogens (tertiary/aromatic N) is 4. The lowest BCUT2D eigenvalue weighted by Crippen LogP contribution is -2.21. The molecule has 1 saturated heterocycles. The van der Waals surface area contributed by atoms with E-state index in [0.717, 1.165) is 0 Å². The summed E-state index contributed by atoms with van der Waals surface area (Å²) in [4.78, 5) is 34.1. The third-order valence-corrected chi connectivity index (χ3v) is 4.93. The summed E-state index contributed by atoms with van der Waals surface area (Å²) >= 11 is 0. The number of anilines is 1. The van der Waals surface area contributed by atoms with Crippen molar-refractivity contribution < 1.29 is 28.6 Å². The van der Waals surface area contributed by atoms with Crippen LogP contribution in [-0.4, -0.2) is 54.2 Å². The molecule has 0 radical (unpaired) electrons. The van der Waals surface area contributed by atoms with Crippen LogP contribution < -0.4 is 5.32 Å². The number of aliphatic hydroxyl groups is 1. The van der Waals surface area contributed by atoms with Gasteiger partial charge in [-0.05, 0) is 12.1 Å². The molecule has 4 atom stereocenters. The van der Waals surface area contributed by atoms with Crippen LogP contribution in [0.5, 0.6) is 0 Å². The molecule has 29 heavy (non-hydrogen) atoms. The van der Waals surface area contributed by atoms with Crippen LogP contribution >= 0.6 is 8.25 Å². The Morgan fingerprint density at radius 1 is 1.31 bits per heavy atom. The average Bonchev–Trinajstić information content (AvgIpc) is 3.32. The normalized spacial score (nSPS) is 22.0. The Morgan fingerprint density at radius 2 is 2.10 bits per heavy atom. The second kappa shape index (κ2) is 8.27. The van der Waals surface area contributed by atoms with Crippen molar-refractivity contribution in [2.45, 2.75) is 24.9 Å². The van der Waals surface area contributed by atoms with E-state index in [1.165, 1.54) is 17.2 Å². The maximum Gasteiger partial charge on any atom is 0.695 e. The highest BCUT2D eigenvalue weighted by Crippen LogP contribution is 2.37. The third-order valence-electron chi connectivity index (χ3n) is 4.48. The first-order chi connectivity index (χ1) is 14.1. The number of hydrogen-bond donors (Lipinski definition) is 3. The molecule has 1 unspecified atom stereocenters. The minimum absolute atomic E-state index is 0.213. The Kier molecular flexibility index (Phi) is 5.56. The summed E-state index contributed by atoms with van der Waals surface area (Å²) in [6, 6.07) is 8.65. The van der Waals surface area contributed by atoms with E-state index in [4.69, 9.17) is 14.2 Å². The second-order valence-corrected chi connectivity index (χ2v) is 7.00. The number of imidazole rings is 1. The van der Waals surface area contributed by atoms with Gasteiger partial charge in [-0.25, -0.2) is 15.0 Å². The molecule has 1 aliphatic heterocycles. The number of hydrogen-bond acceptors (Lipinski definition) is 8. The van der Waals surface area contributed by atoms with Gasteiger partial charge in [-0.1, -0.05) is 18.2 Å². The van der Waals surface area contributed by atoms with Crippen LogP contribution in [0, 0.1) is 0 Å². The van der Waals surface area contributed by atoms with E-state index in [-0.39, 0.29) is 24.8 Å². The molecule has 1 fully saturated rings. The lowest BCUT2D eigenvalue weighted by molar-refractivity contribution is -0.0440. The zero-order valence-electron chi connectivity index (χ0n) is 15.0. The molecule has 1 aliphatic rings. The maximum atomic E-state index is 12.4. The monoisotopic (exact) mass is 418 g/mol. The van der Waals surface area contributed by atoms with Crippen LogP contribution in [0.1, 0.15) is 23.0 Å². The number of amides is 1. The molecule has 2 aromatic heterocycles. The fourth-order valence-electron chi connectivity index (χ4n) is 3.19. The van der Waals surface area contributed by atoms with Crippen LogP contribution in [-0.2, 0) is 13.8 Å². The quantitative estimate of drug-likeness (QED) is 0.505. The topological polar surface area (TPSA) is 149 Å². The van der Waals surface area contributed by atoms with Crippen molar-refractivity contribution in [3.8, 4) is 0 Å². The molecule has 1 amide bonds. The third kappa shape index (κ3) is 4.00. The van der Waals surface area contributed by atoms with Gasteiger partial charge in [-0.15, -0.1) is 9.42 Å².